The second-order valence-corrected chi connectivity index (χ2v) is 3.65. The fourth-order valence-electron chi connectivity index (χ4n) is 1.46. The topological polar surface area (TPSA) is 64.6 Å². The lowest BCUT2D eigenvalue weighted by molar-refractivity contribution is -0.198. The fourth-order valence-corrected chi connectivity index (χ4v) is 1.46. The molecule has 1 saturated heterocycles. The van der Waals surface area contributed by atoms with Crippen LogP contribution >= 0.6 is 0 Å². The van der Waals surface area contributed by atoms with Gasteiger partial charge in [-0.2, -0.15) is 0 Å². The van der Waals surface area contributed by atoms with Gasteiger partial charge in [0, 0.05) is 18.5 Å². The third kappa shape index (κ3) is 6.06. The van der Waals surface area contributed by atoms with E-state index < -0.39 is 0 Å². The molecule has 0 saturated carbocycles. The first-order chi connectivity index (χ1) is 7.29. The third-order valence-corrected chi connectivity index (χ3v) is 2.32. The number of carbonyl (C=O) groups is 2. The first kappa shape index (κ1) is 12.0. The van der Waals surface area contributed by atoms with Gasteiger partial charge in [-0.1, -0.05) is 25.7 Å². The Bertz CT molecular complexity index is 195. The lowest BCUT2D eigenvalue weighted by Crippen LogP contribution is -2.23. The minimum Gasteiger partial charge on any atom is -0.336 e. The zero-order valence-electron chi connectivity index (χ0n) is 8.79. The number of hydrogen-bond donors (Lipinski definition) is 1. The van der Waals surface area contributed by atoms with Gasteiger partial charge in [-0.15, -0.1) is 0 Å². The van der Waals surface area contributed by atoms with E-state index in [9.17, 15) is 9.59 Å². The lowest BCUT2D eigenvalue weighted by atomic mass is 10.1. The molecule has 1 fully saturated rings. The van der Waals surface area contributed by atoms with Crippen LogP contribution in [-0.4, -0.2) is 11.9 Å². The summed E-state index contributed by atoms with van der Waals surface area (Å²) in [7, 11) is 0. The standard InChI is InChI=1S/C10H17NO4/c12-9-7-5-3-1-2-4-6-8-10(13)15-11-14-9/h11H,1-8H2. The van der Waals surface area contributed by atoms with Crippen LogP contribution in [0.4, 0.5) is 0 Å². The van der Waals surface area contributed by atoms with Crippen LogP contribution in [-0.2, 0) is 19.3 Å². The summed E-state index contributed by atoms with van der Waals surface area (Å²) in [6.07, 6.45) is 6.66. The van der Waals surface area contributed by atoms with Gasteiger partial charge in [0.15, 0.2) is 0 Å². The van der Waals surface area contributed by atoms with E-state index in [4.69, 9.17) is 0 Å². The van der Waals surface area contributed by atoms with E-state index in [1.807, 2.05) is 5.64 Å². The molecule has 5 nitrogen and oxygen atoms in total. The van der Waals surface area contributed by atoms with Crippen molar-refractivity contribution in [3.63, 3.8) is 0 Å². The maximum absolute atomic E-state index is 11.0. The molecule has 1 rings (SSSR count). The second kappa shape index (κ2) is 7.23. The van der Waals surface area contributed by atoms with Gasteiger partial charge in [0.05, 0.1) is 0 Å². The normalized spacial score (nSPS) is 21.6. The van der Waals surface area contributed by atoms with Gasteiger partial charge in [0.2, 0.25) is 0 Å². The molecule has 0 atom stereocenters. The summed E-state index contributed by atoms with van der Waals surface area (Å²) in [6, 6.07) is 0. The highest BCUT2D eigenvalue weighted by Gasteiger charge is 2.07. The molecule has 0 aromatic rings. The Balaban J connectivity index is 2.27. The van der Waals surface area contributed by atoms with Crippen LogP contribution in [0.3, 0.4) is 0 Å². The highest BCUT2D eigenvalue weighted by molar-refractivity contribution is 5.70. The van der Waals surface area contributed by atoms with Gasteiger partial charge in [0.25, 0.3) is 0 Å². The first-order valence-electron chi connectivity index (χ1n) is 5.43. The van der Waals surface area contributed by atoms with Crippen molar-refractivity contribution < 1.29 is 19.3 Å². The summed E-state index contributed by atoms with van der Waals surface area (Å²) in [5.41, 5.74) is 1.92. The molecule has 15 heavy (non-hydrogen) atoms. The summed E-state index contributed by atoms with van der Waals surface area (Å²) in [5, 5.41) is 0. The first-order valence-corrected chi connectivity index (χ1v) is 5.43. The Labute approximate surface area is 89.0 Å². The fraction of sp³-hybridized carbons (Fsp3) is 0.800. The van der Waals surface area contributed by atoms with Gasteiger partial charge in [-0.25, -0.2) is 0 Å². The summed E-state index contributed by atoms with van der Waals surface area (Å²) in [6.45, 7) is 0. The SMILES string of the molecule is O=C1CCCCCCCCC(=O)ONO1. The van der Waals surface area contributed by atoms with E-state index in [-0.39, 0.29) is 11.9 Å². The zero-order valence-corrected chi connectivity index (χ0v) is 8.79. The molecule has 1 aliphatic rings. The van der Waals surface area contributed by atoms with Crippen LogP contribution in [0.25, 0.3) is 0 Å². The van der Waals surface area contributed by atoms with E-state index in [1.54, 1.807) is 0 Å². The van der Waals surface area contributed by atoms with Gasteiger partial charge < -0.3 is 9.68 Å². The van der Waals surface area contributed by atoms with Crippen LogP contribution in [0, 0.1) is 0 Å². The molecule has 0 unspecified atom stereocenters. The molecule has 0 aliphatic carbocycles. The Kier molecular flexibility index (Phi) is 5.77. The highest BCUT2D eigenvalue weighted by Crippen LogP contribution is 2.09. The molecule has 0 aromatic carbocycles. The Morgan fingerprint density at radius 3 is 1.60 bits per heavy atom. The molecule has 0 radical (unpaired) electrons. The number of hydrogen-bond acceptors (Lipinski definition) is 5. The van der Waals surface area contributed by atoms with Crippen LogP contribution in [0.5, 0.6) is 0 Å². The number of rotatable bonds is 0. The summed E-state index contributed by atoms with van der Waals surface area (Å²) < 4.78 is 0. The molecule has 0 amide bonds. The quantitative estimate of drug-likeness (QED) is 0.665. The largest absolute Gasteiger partial charge is 0.336 e. The predicted molar refractivity (Wildman–Crippen MR) is 52.3 cm³/mol. The molecule has 0 aromatic heterocycles. The van der Waals surface area contributed by atoms with Crippen LogP contribution < -0.4 is 5.64 Å². The Hall–Kier alpha value is -1.10. The maximum atomic E-state index is 11.0. The smallest absolute Gasteiger partial charge is 0.328 e. The van der Waals surface area contributed by atoms with Crippen molar-refractivity contribution >= 4 is 11.9 Å². The van der Waals surface area contributed by atoms with Crippen LogP contribution in [0.15, 0.2) is 0 Å². The van der Waals surface area contributed by atoms with Crippen LogP contribution in [0.2, 0.25) is 0 Å². The van der Waals surface area contributed by atoms with Crippen molar-refractivity contribution in [2.75, 3.05) is 0 Å². The predicted octanol–water partition coefficient (Wildman–Crippen LogP) is 1.63. The zero-order chi connectivity index (χ0) is 10.9. The minimum atomic E-state index is -0.387. The second-order valence-electron chi connectivity index (χ2n) is 3.65. The van der Waals surface area contributed by atoms with Crippen molar-refractivity contribution in [3.05, 3.63) is 0 Å². The Morgan fingerprint density at radius 1 is 0.733 bits per heavy atom. The summed E-state index contributed by atoms with van der Waals surface area (Å²) in [5.74, 6) is -0.774. The maximum Gasteiger partial charge on any atom is 0.328 e. The van der Waals surface area contributed by atoms with Crippen LogP contribution in [0.1, 0.15) is 51.4 Å². The van der Waals surface area contributed by atoms with E-state index in [0.29, 0.717) is 12.8 Å². The van der Waals surface area contributed by atoms with Gasteiger partial charge in [0.1, 0.15) is 0 Å². The van der Waals surface area contributed by atoms with Crippen molar-refractivity contribution in [1.29, 1.82) is 0 Å². The lowest BCUT2D eigenvalue weighted by Gasteiger charge is -2.04. The third-order valence-electron chi connectivity index (χ3n) is 2.32. The average Bonchev–Trinajstić information content (AvgIpc) is 2.22. The number of carbonyl (C=O) groups excluding carboxylic acids is 2. The van der Waals surface area contributed by atoms with E-state index >= 15 is 0 Å². The molecule has 5 heteroatoms. The van der Waals surface area contributed by atoms with Gasteiger partial charge in [-0.05, 0) is 12.8 Å². The van der Waals surface area contributed by atoms with Crippen molar-refractivity contribution in [1.82, 2.24) is 5.64 Å². The molecule has 1 heterocycles. The summed E-state index contributed by atoms with van der Waals surface area (Å²) in [4.78, 5) is 31.0. The van der Waals surface area contributed by atoms with Gasteiger partial charge >= 0.3 is 11.9 Å². The molecular weight excluding hydrogens is 198 g/mol. The van der Waals surface area contributed by atoms with Gasteiger partial charge in [-0.3, -0.25) is 9.59 Å². The molecule has 1 aliphatic heterocycles. The molecule has 0 bridgehead atoms. The van der Waals surface area contributed by atoms with Crippen molar-refractivity contribution in [2.24, 2.45) is 0 Å². The van der Waals surface area contributed by atoms with E-state index in [1.165, 1.54) is 0 Å². The van der Waals surface area contributed by atoms with Crippen molar-refractivity contribution in [3.8, 4) is 0 Å². The van der Waals surface area contributed by atoms with E-state index in [2.05, 4.69) is 9.68 Å². The minimum absolute atomic E-state index is 0.366. The Morgan fingerprint density at radius 2 is 1.13 bits per heavy atom. The monoisotopic (exact) mass is 215 g/mol. The summed E-state index contributed by atoms with van der Waals surface area (Å²) >= 11 is 0. The average molecular weight is 215 g/mol. The van der Waals surface area contributed by atoms with Crippen molar-refractivity contribution in [2.45, 2.75) is 51.4 Å². The highest BCUT2D eigenvalue weighted by atomic mass is 16.9. The molecule has 1 N–H and O–H groups in total. The molecular formula is C10H17NO4. The molecule has 0 spiro atoms. The molecule has 86 valence electrons. The van der Waals surface area contributed by atoms with E-state index in [0.717, 1.165) is 38.5 Å². The number of nitrogens with one attached hydrogen (secondary N) is 1.